The van der Waals surface area contributed by atoms with Crippen LogP contribution in [-0.4, -0.2) is 16.0 Å². The molecule has 0 fully saturated rings. The first kappa shape index (κ1) is 10.1. The van der Waals surface area contributed by atoms with E-state index < -0.39 is 10.9 Å². The molecule has 2 rings (SSSR count). The highest BCUT2D eigenvalue weighted by Gasteiger charge is 2.22. The van der Waals surface area contributed by atoms with Gasteiger partial charge < -0.3 is 5.11 Å². The molecule has 5 heteroatoms. The Hall–Kier alpha value is -2.43. The van der Waals surface area contributed by atoms with Gasteiger partial charge in [0.15, 0.2) is 0 Å². The predicted molar refractivity (Wildman–Crippen MR) is 57.6 cm³/mol. The van der Waals surface area contributed by atoms with E-state index in [1.165, 1.54) is 6.07 Å². The van der Waals surface area contributed by atoms with Crippen molar-refractivity contribution in [3.8, 4) is 0 Å². The van der Waals surface area contributed by atoms with E-state index in [-0.39, 0.29) is 11.3 Å². The Morgan fingerprint density at radius 3 is 2.50 bits per heavy atom. The molecule has 0 unspecified atom stereocenters. The van der Waals surface area contributed by atoms with Crippen molar-refractivity contribution in [1.82, 2.24) is 0 Å². The monoisotopic (exact) mass is 217 g/mol. The van der Waals surface area contributed by atoms with Crippen LogP contribution in [0.15, 0.2) is 36.4 Å². The van der Waals surface area contributed by atoms with Crippen molar-refractivity contribution >= 4 is 22.4 Å². The zero-order valence-corrected chi connectivity index (χ0v) is 8.08. The van der Waals surface area contributed by atoms with Crippen LogP contribution in [0.4, 0.5) is 5.69 Å². The molecule has 0 bridgehead atoms. The average Bonchev–Trinajstić information content (AvgIpc) is 2.27. The van der Waals surface area contributed by atoms with Gasteiger partial charge in [-0.25, -0.2) is 4.79 Å². The van der Waals surface area contributed by atoms with Crippen LogP contribution >= 0.6 is 0 Å². The molecule has 0 atom stereocenters. The Morgan fingerprint density at radius 1 is 1.19 bits per heavy atom. The summed E-state index contributed by atoms with van der Waals surface area (Å²) in [6.07, 6.45) is 0. The number of aromatic carboxylic acids is 1. The molecule has 16 heavy (non-hydrogen) atoms. The molecule has 0 saturated carbocycles. The maximum Gasteiger partial charge on any atom is 0.343 e. The SMILES string of the molecule is O=C(O)c1c([N+](=O)[O-])ccc2ccccc12. The number of carbonyl (C=O) groups is 1. The van der Waals surface area contributed by atoms with E-state index in [4.69, 9.17) is 5.11 Å². The van der Waals surface area contributed by atoms with Crippen LogP contribution in [0.5, 0.6) is 0 Å². The molecule has 80 valence electrons. The molecular weight excluding hydrogens is 210 g/mol. The molecule has 0 heterocycles. The minimum atomic E-state index is -1.29. The van der Waals surface area contributed by atoms with Crippen molar-refractivity contribution in [3.05, 3.63) is 52.1 Å². The van der Waals surface area contributed by atoms with Crippen molar-refractivity contribution in [2.24, 2.45) is 0 Å². The maximum absolute atomic E-state index is 11.0. The number of nitrogens with zero attached hydrogens (tertiary/aromatic N) is 1. The Balaban J connectivity index is 2.90. The van der Waals surface area contributed by atoms with E-state index in [1.54, 1.807) is 30.3 Å². The molecule has 2 aromatic carbocycles. The first-order valence-corrected chi connectivity index (χ1v) is 4.50. The summed E-state index contributed by atoms with van der Waals surface area (Å²) < 4.78 is 0. The van der Waals surface area contributed by atoms with E-state index in [9.17, 15) is 14.9 Å². The Morgan fingerprint density at radius 2 is 1.88 bits per heavy atom. The molecule has 0 aromatic heterocycles. The standard InChI is InChI=1S/C11H7NO4/c13-11(14)10-8-4-2-1-3-7(8)5-6-9(10)12(15)16/h1-6H,(H,13,14). The van der Waals surface area contributed by atoms with Crippen LogP contribution in [0, 0.1) is 10.1 Å². The number of nitro groups is 1. The fourth-order valence-corrected chi connectivity index (χ4v) is 1.64. The summed E-state index contributed by atoms with van der Waals surface area (Å²) in [6, 6.07) is 9.43. The first-order valence-electron chi connectivity index (χ1n) is 4.50. The highest BCUT2D eigenvalue weighted by atomic mass is 16.6. The van der Waals surface area contributed by atoms with Gasteiger partial charge in [-0.05, 0) is 11.5 Å². The molecule has 2 aromatic rings. The van der Waals surface area contributed by atoms with Crippen LogP contribution in [0.1, 0.15) is 10.4 Å². The highest BCUT2D eigenvalue weighted by molar-refractivity contribution is 6.07. The fourth-order valence-electron chi connectivity index (χ4n) is 1.64. The Bertz CT molecular complexity index is 592. The van der Waals surface area contributed by atoms with Crippen molar-refractivity contribution in [1.29, 1.82) is 0 Å². The molecule has 0 spiro atoms. The lowest BCUT2D eigenvalue weighted by Gasteiger charge is -2.02. The van der Waals surface area contributed by atoms with Gasteiger partial charge in [0.1, 0.15) is 5.56 Å². The molecular formula is C11H7NO4. The third-order valence-electron chi connectivity index (χ3n) is 2.32. The summed E-state index contributed by atoms with van der Waals surface area (Å²) in [7, 11) is 0. The minimum absolute atomic E-state index is 0.261. The summed E-state index contributed by atoms with van der Waals surface area (Å²) in [5.41, 5.74) is -0.644. The van der Waals surface area contributed by atoms with Crippen LogP contribution in [-0.2, 0) is 0 Å². The van der Waals surface area contributed by atoms with E-state index in [0.29, 0.717) is 10.8 Å². The average molecular weight is 217 g/mol. The molecule has 0 saturated heterocycles. The van der Waals surface area contributed by atoms with Gasteiger partial charge in [-0.15, -0.1) is 0 Å². The lowest BCUT2D eigenvalue weighted by Crippen LogP contribution is -2.03. The van der Waals surface area contributed by atoms with Gasteiger partial charge >= 0.3 is 5.97 Å². The van der Waals surface area contributed by atoms with Crippen LogP contribution < -0.4 is 0 Å². The fraction of sp³-hybridized carbons (Fsp3) is 0. The number of hydrogen-bond donors (Lipinski definition) is 1. The van der Waals surface area contributed by atoms with Gasteiger partial charge in [0, 0.05) is 11.5 Å². The summed E-state index contributed by atoms with van der Waals surface area (Å²) in [4.78, 5) is 21.1. The number of nitro benzene ring substituents is 1. The highest BCUT2D eigenvalue weighted by Crippen LogP contribution is 2.27. The number of carboxylic acid groups (broad SMARTS) is 1. The van der Waals surface area contributed by atoms with Crippen molar-refractivity contribution in [3.63, 3.8) is 0 Å². The number of fused-ring (bicyclic) bond motifs is 1. The van der Waals surface area contributed by atoms with Gasteiger partial charge in [-0.2, -0.15) is 0 Å². The molecule has 0 radical (unpaired) electrons. The van der Waals surface area contributed by atoms with Gasteiger partial charge in [-0.3, -0.25) is 10.1 Å². The summed E-state index contributed by atoms with van der Waals surface area (Å²) in [6.45, 7) is 0. The smallest absolute Gasteiger partial charge is 0.343 e. The third kappa shape index (κ3) is 1.48. The second-order valence-corrected chi connectivity index (χ2v) is 3.24. The van der Waals surface area contributed by atoms with E-state index in [1.807, 2.05) is 0 Å². The first-order chi connectivity index (χ1) is 7.61. The summed E-state index contributed by atoms with van der Waals surface area (Å²) >= 11 is 0. The largest absolute Gasteiger partial charge is 0.477 e. The lowest BCUT2D eigenvalue weighted by atomic mass is 10.0. The Labute approximate surface area is 90.1 Å². The normalized spacial score (nSPS) is 10.2. The van der Waals surface area contributed by atoms with Crippen molar-refractivity contribution in [2.75, 3.05) is 0 Å². The zero-order valence-electron chi connectivity index (χ0n) is 8.08. The number of benzene rings is 2. The molecule has 1 N–H and O–H groups in total. The topological polar surface area (TPSA) is 80.4 Å². The molecule has 0 aliphatic carbocycles. The van der Waals surface area contributed by atoms with E-state index in [0.717, 1.165) is 0 Å². The zero-order chi connectivity index (χ0) is 11.7. The van der Waals surface area contributed by atoms with Crippen LogP contribution in [0.2, 0.25) is 0 Å². The molecule has 0 aliphatic heterocycles. The summed E-state index contributed by atoms with van der Waals surface area (Å²) in [5, 5.41) is 20.8. The predicted octanol–water partition coefficient (Wildman–Crippen LogP) is 2.45. The van der Waals surface area contributed by atoms with Gasteiger partial charge in [0.05, 0.1) is 4.92 Å². The van der Waals surface area contributed by atoms with Crippen molar-refractivity contribution < 1.29 is 14.8 Å². The minimum Gasteiger partial charge on any atom is -0.477 e. The van der Waals surface area contributed by atoms with Crippen molar-refractivity contribution in [2.45, 2.75) is 0 Å². The third-order valence-corrected chi connectivity index (χ3v) is 2.32. The second kappa shape index (κ2) is 3.62. The summed E-state index contributed by atoms with van der Waals surface area (Å²) in [5.74, 6) is -1.29. The van der Waals surface area contributed by atoms with Gasteiger partial charge in [0.2, 0.25) is 0 Å². The number of rotatable bonds is 2. The lowest BCUT2D eigenvalue weighted by molar-refractivity contribution is -0.385. The Kier molecular flexibility index (Phi) is 2.28. The van der Waals surface area contributed by atoms with E-state index >= 15 is 0 Å². The molecule has 0 amide bonds. The second-order valence-electron chi connectivity index (χ2n) is 3.24. The molecule has 0 aliphatic rings. The number of carboxylic acids is 1. The maximum atomic E-state index is 11.0. The van der Waals surface area contributed by atoms with Crippen LogP contribution in [0.3, 0.4) is 0 Å². The molecule has 5 nitrogen and oxygen atoms in total. The van der Waals surface area contributed by atoms with Gasteiger partial charge in [-0.1, -0.05) is 24.3 Å². The van der Waals surface area contributed by atoms with Crippen LogP contribution in [0.25, 0.3) is 10.8 Å². The van der Waals surface area contributed by atoms with Gasteiger partial charge in [0.25, 0.3) is 5.69 Å². The number of hydrogen-bond acceptors (Lipinski definition) is 3. The quantitative estimate of drug-likeness (QED) is 0.618. The van der Waals surface area contributed by atoms with E-state index in [2.05, 4.69) is 0 Å².